The van der Waals surface area contributed by atoms with Crippen LogP contribution in [0.4, 0.5) is 17.1 Å². The molecule has 1 unspecified atom stereocenters. The number of nitro groups is 1. The quantitative estimate of drug-likeness (QED) is 0.153. The highest BCUT2D eigenvalue weighted by atomic mass is 35.5. The molecule has 12 nitrogen and oxygen atoms in total. The monoisotopic (exact) mass is 559 g/mol. The number of methoxy groups -OCH3 is 1. The number of ether oxygens (including phenoxy) is 2. The fraction of sp³-hybridized carbons (Fsp3) is 0.222. The first-order valence-electron chi connectivity index (χ1n) is 12.5. The molecule has 40 heavy (non-hydrogen) atoms. The Kier molecular flexibility index (Phi) is 6.70. The highest BCUT2D eigenvalue weighted by molar-refractivity contribution is 6.35. The molecule has 6 rings (SSSR count). The van der Waals surface area contributed by atoms with Crippen LogP contribution in [-0.2, 0) is 9.47 Å². The molecule has 1 atom stereocenters. The van der Waals surface area contributed by atoms with Crippen LogP contribution in [0, 0.1) is 10.1 Å². The molecule has 13 heteroatoms. The third kappa shape index (κ3) is 4.46. The molecule has 0 radical (unpaired) electrons. The summed E-state index contributed by atoms with van der Waals surface area (Å²) in [6, 6.07) is 9.86. The molecule has 0 saturated carbocycles. The number of anilines is 2. The van der Waals surface area contributed by atoms with Crippen LogP contribution in [0.3, 0.4) is 0 Å². The van der Waals surface area contributed by atoms with Crippen molar-refractivity contribution in [3.05, 3.63) is 76.0 Å². The van der Waals surface area contributed by atoms with Gasteiger partial charge in [0.15, 0.2) is 5.65 Å². The van der Waals surface area contributed by atoms with Gasteiger partial charge in [0.1, 0.15) is 35.0 Å². The number of nitro benzene ring substituents is 1. The van der Waals surface area contributed by atoms with E-state index >= 15 is 0 Å². The molecule has 1 saturated heterocycles. The van der Waals surface area contributed by atoms with Gasteiger partial charge in [-0.25, -0.2) is 19.7 Å². The number of benzene rings is 2. The smallest absolute Gasteiger partial charge is 0.345 e. The number of carbonyl (C=O) groups is 1. The summed E-state index contributed by atoms with van der Waals surface area (Å²) in [5, 5.41) is 16.5. The van der Waals surface area contributed by atoms with E-state index in [4.69, 9.17) is 21.1 Å². The third-order valence-corrected chi connectivity index (χ3v) is 7.09. The van der Waals surface area contributed by atoms with Crippen molar-refractivity contribution in [2.75, 3.05) is 19.0 Å². The molecule has 1 aliphatic heterocycles. The van der Waals surface area contributed by atoms with E-state index < -0.39 is 16.6 Å². The number of nitrogens with zero attached hydrogens (tertiary/aromatic N) is 6. The summed E-state index contributed by atoms with van der Waals surface area (Å²) >= 11 is 6.33. The largest absolute Gasteiger partial charge is 0.465 e. The highest BCUT2D eigenvalue weighted by Crippen LogP contribution is 2.39. The van der Waals surface area contributed by atoms with Crippen LogP contribution in [-0.4, -0.2) is 49.1 Å². The Balaban J connectivity index is 1.54. The van der Waals surface area contributed by atoms with E-state index in [0.29, 0.717) is 50.6 Å². The molecule has 1 aliphatic rings. The topological polar surface area (TPSA) is 147 Å². The number of carbonyl (C=O) groups excluding carboxylic acids is 1. The molecule has 0 aliphatic carbocycles. The summed E-state index contributed by atoms with van der Waals surface area (Å²) in [4.78, 5) is 42.2. The first-order valence-corrected chi connectivity index (χ1v) is 12.8. The van der Waals surface area contributed by atoms with Crippen LogP contribution in [0.25, 0.3) is 33.3 Å². The maximum absolute atomic E-state index is 12.8. The van der Waals surface area contributed by atoms with E-state index in [9.17, 15) is 14.9 Å². The number of rotatable bonds is 6. The third-order valence-electron chi connectivity index (χ3n) is 6.79. The van der Waals surface area contributed by atoms with Crippen molar-refractivity contribution in [1.29, 1.82) is 0 Å². The van der Waals surface area contributed by atoms with Gasteiger partial charge < -0.3 is 14.8 Å². The van der Waals surface area contributed by atoms with Crippen LogP contribution in [0.15, 0.2) is 55.2 Å². The van der Waals surface area contributed by atoms with Gasteiger partial charge in [0, 0.05) is 29.4 Å². The molecule has 5 aromatic rings. The van der Waals surface area contributed by atoms with Gasteiger partial charge in [0.2, 0.25) is 0 Å². The van der Waals surface area contributed by atoms with E-state index in [1.165, 1.54) is 19.5 Å². The molecule has 0 bridgehead atoms. The molecule has 1 fully saturated rings. The van der Waals surface area contributed by atoms with Gasteiger partial charge in [-0.2, -0.15) is 0 Å². The lowest BCUT2D eigenvalue weighted by atomic mass is 10.0. The fourth-order valence-corrected chi connectivity index (χ4v) is 5.16. The number of imidazole rings is 1. The standard InChI is InChI=1S/C27H22ClN7O5/c1-39-27(36)17-11-15(22-24-26(31-13-30-22)34(14-32-24)21-7-2-3-10-40-21)12-20(25(17)35(37)38)33-19-8-9-29-23-16(19)5-4-6-18(23)28/h4-6,8-9,11-14,21H,2-3,7,10H2,1H3,(H,29,33). The van der Waals surface area contributed by atoms with Gasteiger partial charge in [-0.05, 0) is 43.5 Å². The number of esters is 1. The SMILES string of the molecule is COC(=O)c1cc(-c2ncnc3c2ncn3C2CCCCO2)cc(Nc2ccnc3c(Cl)cccc23)c1[N+](=O)[O-]. The Labute approximate surface area is 232 Å². The van der Waals surface area contributed by atoms with Crippen molar-refractivity contribution in [3.8, 4) is 11.3 Å². The van der Waals surface area contributed by atoms with E-state index in [2.05, 4.69) is 25.3 Å². The average Bonchev–Trinajstić information content (AvgIpc) is 3.42. The van der Waals surface area contributed by atoms with Crippen molar-refractivity contribution < 1.29 is 19.2 Å². The summed E-state index contributed by atoms with van der Waals surface area (Å²) < 4.78 is 12.7. The molecule has 0 amide bonds. The van der Waals surface area contributed by atoms with Crippen molar-refractivity contribution in [1.82, 2.24) is 24.5 Å². The minimum Gasteiger partial charge on any atom is -0.465 e. The van der Waals surface area contributed by atoms with Crippen LogP contribution in [0.5, 0.6) is 0 Å². The Bertz CT molecular complexity index is 1780. The first-order chi connectivity index (χ1) is 19.5. The Morgan fingerprint density at radius 1 is 1.15 bits per heavy atom. The molecular weight excluding hydrogens is 538 g/mol. The predicted molar refractivity (Wildman–Crippen MR) is 148 cm³/mol. The van der Waals surface area contributed by atoms with Gasteiger partial charge >= 0.3 is 11.7 Å². The molecule has 3 aromatic heterocycles. The predicted octanol–water partition coefficient (Wildman–Crippen LogP) is 5.83. The second kappa shape index (κ2) is 10.5. The Morgan fingerprint density at radius 2 is 2.02 bits per heavy atom. The number of pyridine rings is 1. The van der Waals surface area contributed by atoms with Crippen molar-refractivity contribution in [3.63, 3.8) is 0 Å². The zero-order chi connectivity index (χ0) is 27.8. The van der Waals surface area contributed by atoms with Crippen molar-refractivity contribution in [2.24, 2.45) is 0 Å². The molecule has 1 N–H and O–H groups in total. The van der Waals surface area contributed by atoms with Gasteiger partial charge in [-0.15, -0.1) is 0 Å². The van der Waals surface area contributed by atoms with Crippen LogP contribution < -0.4 is 5.32 Å². The normalized spacial score (nSPS) is 15.3. The summed E-state index contributed by atoms with van der Waals surface area (Å²) in [6.45, 7) is 0.650. The van der Waals surface area contributed by atoms with E-state index in [1.807, 2.05) is 4.57 Å². The lowest BCUT2D eigenvalue weighted by Crippen LogP contribution is -2.17. The first kappa shape index (κ1) is 25.6. The lowest BCUT2D eigenvalue weighted by Gasteiger charge is -2.23. The number of fused-ring (bicyclic) bond motifs is 2. The number of para-hydroxylation sites is 1. The van der Waals surface area contributed by atoms with Crippen molar-refractivity contribution >= 4 is 56.7 Å². The number of aromatic nitrogens is 5. The second-order valence-electron chi connectivity index (χ2n) is 9.16. The van der Waals surface area contributed by atoms with Crippen LogP contribution >= 0.6 is 11.6 Å². The number of hydrogen-bond acceptors (Lipinski definition) is 10. The van der Waals surface area contributed by atoms with Crippen molar-refractivity contribution in [2.45, 2.75) is 25.5 Å². The van der Waals surface area contributed by atoms with Gasteiger partial charge in [-0.3, -0.25) is 19.7 Å². The summed E-state index contributed by atoms with van der Waals surface area (Å²) in [5.74, 6) is -0.870. The minimum absolute atomic E-state index is 0.0529. The van der Waals surface area contributed by atoms with Crippen LogP contribution in [0.2, 0.25) is 5.02 Å². The van der Waals surface area contributed by atoms with E-state index in [-0.39, 0.29) is 17.5 Å². The number of nitrogens with one attached hydrogen (secondary N) is 1. The molecule has 2 aromatic carbocycles. The molecule has 0 spiro atoms. The number of hydrogen-bond donors (Lipinski definition) is 1. The molecule has 4 heterocycles. The van der Waals surface area contributed by atoms with Gasteiger partial charge in [0.05, 0.1) is 28.9 Å². The average molecular weight is 560 g/mol. The summed E-state index contributed by atoms with van der Waals surface area (Å²) in [7, 11) is 1.17. The van der Waals surface area contributed by atoms with Gasteiger partial charge in [0.25, 0.3) is 0 Å². The zero-order valence-corrected chi connectivity index (χ0v) is 22.0. The molecular formula is C27H22ClN7O5. The van der Waals surface area contributed by atoms with Crippen LogP contribution in [0.1, 0.15) is 35.8 Å². The fourth-order valence-electron chi connectivity index (χ4n) is 4.94. The second-order valence-corrected chi connectivity index (χ2v) is 9.56. The number of halogens is 1. The highest BCUT2D eigenvalue weighted by Gasteiger charge is 2.29. The summed E-state index contributed by atoms with van der Waals surface area (Å²) in [6.07, 6.45) is 7.23. The van der Waals surface area contributed by atoms with E-state index in [1.54, 1.807) is 42.9 Å². The Morgan fingerprint density at radius 3 is 2.80 bits per heavy atom. The lowest BCUT2D eigenvalue weighted by molar-refractivity contribution is -0.384. The Hall–Kier alpha value is -4.68. The maximum Gasteiger partial charge on any atom is 0.345 e. The van der Waals surface area contributed by atoms with E-state index in [0.717, 1.165) is 19.3 Å². The van der Waals surface area contributed by atoms with Gasteiger partial charge in [-0.1, -0.05) is 23.7 Å². The zero-order valence-electron chi connectivity index (χ0n) is 21.2. The molecule has 202 valence electrons. The minimum atomic E-state index is -0.870. The maximum atomic E-state index is 12.8. The summed E-state index contributed by atoms with van der Waals surface area (Å²) in [5.41, 5.74) is 2.21.